The molecule has 0 spiro atoms. The van der Waals surface area contributed by atoms with Gasteiger partial charge in [-0.2, -0.15) is 13.2 Å². The van der Waals surface area contributed by atoms with E-state index in [0.29, 0.717) is 18.8 Å². The fourth-order valence-corrected chi connectivity index (χ4v) is 2.88. The molecule has 0 radical (unpaired) electrons. The van der Waals surface area contributed by atoms with Gasteiger partial charge in [0.15, 0.2) is 0 Å². The van der Waals surface area contributed by atoms with Crippen molar-refractivity contribution >= 4 is 11.8 Å². The van der Waals surface area contributed by atoms with E-state index in [9.17, 15) is 18.0 Å². The van der Waals surface area contributed by atoms with E-state index < -0.39 is 17.3 Å². The van der Waals surface area contributed by atoms with Crippen LogP contribution in [0.5, 0.6) is 0 Å². The first-order chi connectivity index (χ1) is 11.5. The normalized spacial score (nSPS) is 20.0. The molecular formula is C18H23F3N2O2. The topological polar surface area (TPSA) is 41.6 Å². The number of likely N-dealkylation sites (tertiary alicyclic amines) is 1. The number of amides is 1. The molecule has 1 saturated heterocycles. The number of alkyl halides is 3. The molecule has 25 heavy (non-hydrogen) atoms. The van der Waals surface area contributed by atoms with Crippen LogP contribution in [0.4, 0.5) is 23.7 Å². The maximum atomic E-state index is 13.0. The predicted molar refractivity (Wildman–Crippen MR) is 88.6 cm³/mol. The van der Waals surface area contributed by atoms with Gasteiger partial charge in [-0.05, 0) is 51.3 Å². The van der Waals surface area contributed by atoms with E-state index in [1.54, 1.807) is 17.0 Å². The van der Waals surface area contributed by atoms with Gasteiger partial charge in [0.2, 0.25) is 0 Å². The van der Waals surface area contributed by atoms with Crippen LogP contribution in [0.1, 0.15) is 45.1 Å². The highest BCUT2D eigenvalue weighted by atomic mass is 19.4. The maximum absolute atomic E-state index is 13.0. The second-order valence-electron chi connectivity index (χ2n) is 7.91. The lowest BCUT2D eigenvalue weighted by Gasteiger charge is -2.40. The first kappa shape index (κ1) is 17.9. The Bertz CT molecular complexity index is 640. The van der Waals surface area contributed by atoms with E-state index in [0.717, 1.165) is 5.56 Å². The monoisotopic (exact) mass is 356 g/mol. The van der Waals surface area contributed by atoms with Crippen molar-refractivity contribution in [3.05, 3.63) is 29.8 Å². The minimum Gasteiger partial charge on any atom is -0.444 e. The number of carbonyl (C=O) groups is 1. The van der Waals surface area contributed by atoms with Gasteiger partial charge in [-0.25, -0.2) is 4.79 Å². The lowest BCUT2D eigenvalue weighted by atomic mass is 9.92. The molecule has 138 valence electrons. The average Bonchev–Trinajstić information content (AvgIpc) is 3.17. The summed E-state index contributed by atoms with van der Waals surface area (Å²) in [5, 5.41) is 2.61. The minimum absolute atomic E-state index is 0.117. The maximum Gasteiger partial charge on any atom is 0.411 e. The molecular weight excluding hydrogens is 333 g/mol. The van der Waals surface area contributed by atoms with Gasteiger partial charge >= 0.3 is 12.3 Å². The van der Waals surface area contributed by atoms with Crippen LogP contribution in [0.15, 0.2) is 24.3 Å². The van der Waals surface area contributed by atoms with E-state index in [2.05, 4.69) is 5.32 Å². The summed E-state index contributed by atoms with van der Waals surface area (Å²) in [6.45, 7) is 6.59. The van der Waals surface area contributed by atoms with Crippen molar-refractivity contribution in [3.8, 4) is 0 Å². The zero-order chi connectivity index (χ0) is 18.5. The van der Waals surface area contributed by atoms with Crippen molar-refractivity contribution in [3.63, 3.8) is 0 Å². The van der Waals surface area contributed by atoms with Gasteiger partial charge in [-0.15, -0.1) is 0 Å². The number of benzene rings is 1. The molecule has 1 heterocycles. The number of halogens is 3. The molecule has 1 aromatic rings. The van der Waals surface area contributed by atoms with E-state index >= 15 is 0 Å². The summed E-state index contributed by atoms with van der Waals surface area (Å²) in [6, 6.07) is 7.01. The number of hydrogen-bond acceptors (Lipinski definition) is 3. The van der Waals surface area contributed by atoms with Gasteiger partial charge in [0.25, 0.3) is 0 Å². The zero-order valence-corrected chi connectivity index (χ0v) is 14.6. The summed E-state index contributed by atoms with van der Waals surface area (Å²) >= 11 is 0. The largest absolute Gasteiger partial charge is 0.444 e. The fourth-order valence-electron chi connectivity index (χ4n) is 2.88. The van der Waals surface area contributed by atoms with Crippen LogP contribution >= 0.6 is 0 Å². The number of nitrogens with zero attached hydrogens (tertiary/aromatic N) is 1. The lowest BCUT2D eigenvalue weighted by molar-refractivity contribution is -0.151. The third kappa shape index (κ3) is 3.85. The fraction of sp³-hybridized carbons (Fsp3) is 0.611. The molecule has 1 N–H and O–H groups in total. The Hall–Kier alpha value is -1.92. The molecule has 1 aliphatic carbocycles. The summed E-state index contributed by atoms with van der Waals surface area (Å²) in [4.78, 5) is 13.5. The molecule has 1 aromatic carbocycles. The predicted octanol–water partition coefficient (Wildman–Crippen LogP) is 4.53. The highest BCUT2D eigenvalue weighted by Crippen LogP contribution is 2.51. The van der Waals surface area contributed by atoms with Crippen molar-refractivity contribution in [2.24, 2.45) is 0 Å². The van der Waals surface area contributed by atoms with E-state index in [-0.39, 0.29) is 24.9 Å². The highest BCUT2D eigenvalue weighted by molar-refractivity contribution is 5.69. The molecule has 3 rings (SSSR count). The molecule has 4 nitrogen and oxygen atoms in total. The molecule has 7 heteroatoms. The summed E-state index contributed by atoms with van der Waals surface area (Å²) in [6.07, 6.45) is -4.33. The number of nitrogens with one attached hydrogen (secondary N) is 1. The number of carbonyl (C=O) groups excluding carboxylic acids is 1. The van der Waals surface area contributed by atoms with Crippen molar-refractivity contribution in [1.29, 1.82) is 0 Å². The van der Waals surface area contributed by atoms with Crippen molar-refractivity contribution < 1.29 is 22.7 Å². The van der Waals surface area contributed by atoms with Crippen LogP contribution in [-0.4, -0.2) is 41.4 Å². The third-order valence-corrected chi connectivity index (χ3v) is 4.59. The Morgan fingerprint density at radius 3 is 2.16 bits per heavy atom. The van der Waals surface area contributed by atoms with Crippen molar-refractivity contribution in [1.82, 2.24) is 4.90 Å². The van der Waals surface area contributed by atoms with Crippen molar-refractivity contribution in [2.45, 2.75) is 56.8 Å². The van der Waals surface area contributed by atoms with Crippen LogP contribution < -0.4 is 5.32 Å². The number of hydrogen-bond donors (Lipinski definition) is 1. The SMILES string of the molecule is CC(C)(C)OC(=O)N1CC(c2ccc(NC3(C(F)(F)F)CC3)cc2)C1. The average molecular weight is 356 g/mol. The van der Waals surface area contributed by atoms with Crippen molar-refractivity contribution in [2.75, 3.05) is 18.4 Å². The quantitative estimate of drug-likeness (QED) is 0.865. The van der Waals surface area contributed by atoms with Gasteiger partial charge < -0.3 is 15.0 Å². The molecule has 0 aromatic heterocycles. The molecule has 0 atom stereocenters. The highest BCUT2D eigenvalue weighted by Gasteiger charge is 2.63. The van der Waals surface area contributed by atoms with Gasteiger partial charge in [0.1, 0.15) is 11.1 Å². The lowest BCUT2D eigenvalue weighted by Crippen LogP contribution is -2.50. The molecule has 0 unspecified atom stereocenters. The Balaban J connectivity index is 1.54. The Morgan fingerprint density at radius 1 is 1.16 bits per heavy atom. The smallest absolute Gasteiger partial charge is 0.411 e. The van der Waals surface area contributed by atoms with Crippen LogP contribution in [0.2, 0.25) is 0 Å². The van der Waals surface area contributed by atoms with Crippen LogP contribution in [0.25, 0.3) is 0 Å². The summed E-state index contributed by atoms with van der Waals surface area (Å²) in [5.74, 6) is 0.194. The number of ether oxygens (including phenoxy) is 1. The van der Waals surface area contributed by atoms with Gasteiger partial charge in [0, 0.05) is 24.7 Å². The molecule has 0 bridgehead atoms. The third-order valence-electron chi connectivity index (χ3n) is 4.59. The van der Waals surface area contributed by atoms with Crippen LogP contribution in [0, 0.1) is 0 Å². The molecule has 1 amide bonds. The zero-order valence-electron chi connectivity index (χ0n) is 14.6. The molecule has 2 aliphatic rings. The van der Waals surface area contributed by atoms with Gasteiger partial charge in [-0.1, -0.05) is 12.1 Å². The second-order valence-corrected chi connectivity index (χ2v) is 7.91. The summed E-state index contributed by atoms with van der Waals surface area (Å²) < 4.78 is 44.2. The summed E-state index contributed by atoms with van der Waals surface area (Å²) in [5.41, 5.74) is -0.783. The molecule has 1 aliphatic heterocycles. The molecule has 1 saturated carbocycles. The Morgan fingerprint density at radius 2 is 1.72 bits per heavy atom. The first-order valence-corrected chi connectivity index (χ1v) is 8.42. The number of anilines is 1. The Labute approximate surface area is 145 Å². The standard InChI is InChI=1S/C18H23F3N2O2/c1-16(2,3)25-15(24)23-10-13(11-23)12-4-6-14(7-5-12)22-17(8-9-17)18(19,20)21/h4-7,13,22H,8-11H2,1-3H3. The van der Waals surface area contributed by atoms with Gasteiger partial charge in [-0.3, -0.25) is 0 Å². The first-order valence-electron chi connectivity index (χ1n) is 8.42. The molecule has 2 fully saturated rings. The van der Waals surface area contributed by atoms with Gasteiger partial charge in [0.05, 0.1) is 0 Å². The van der Waals surface area contributed by atoms with E-state index in [1.165, 1.54) is 0 Å². The van der Waals surface area contributed by atoms with Crippen LogP contribution in [-0.2, 0) is 4.74 Å². The van der Waals surface area contributed by atoms with Crippen LogP contribution in [0.3, 0.4) is 0 Å². The number of rotatable bonds is 3. The van der Waals surface area contributed by atoms with E-state index in [1.807, 2.05) is 32.9 Å². The minimum atomic E-state index is -4.23. The second kappa shape index (κ2) is 5.81. The van der Waals surface area contributed by atoms with E-state index in [4.69, 9.17) is 4.74 Å². The summed E-state index contributed by atoms with van der Waals surface area (Å²) in [7, 11) is 0. The Kier molecular flexibility index (Phi) is 4.16.